The van der Waals surface area contributed by atoms with Crippen LogP contribution in [0.5, 0.6) is 0 Å². The van der Waals surface area contributed by atoms with Gasteiger partial charge in [-0.3, -0.25) is 4.21 Å². The van der Waals surface area contributed by atoms with Gasteiger partial charge in [0.05, 0.1) is 10.5 Å². The smallest absolute Gasteiger partial charge is 0.0714 e. The first-order valence-electron chi connectivity index (χ1n) is 3.12. The third-order valence-corrected chi connectivity index (χ3v) is 3.57. The summed E-state index contributed by atoms with van der Waals surface area (Å²) < 4.78 is 11.2. The summed E-state index contributed by atoms with van der Waals surface area (Å²) in [5.41, 5.74) is 0. The van der Waals surface area contributed by atoms with Crippen LogP contribution in [0.2, 0.25) is 0 Å². The van der Waals surface area contributed by atoms with Crippen molar-refractivity contribution in [1.82, 2.24) is 0 Å². The van der Waals surface area contributed by atoms with E-state index in [4.69, 9.17) is 0 Å². The van der Waals surface area contributed by atoms with E-state index in [0.717, 1.165) is 6.42 Å². The Morgan fingerprint density at radius 1 is 1.33 bits per heavy atom. The minimum atomic E-state index is -0.617. The number of rotatable bonds is 0. The van der Waals surface area contributed by atoms with Gasteiger partial charge < -0.3 is 0 Å². The lowest BCUT2D eigenvalue weighted by Gasteiger charge is -2.11. The fourth-order valence-corrected chi connectivity index (χ4v) is 2.71. The van der Waals surface area contributed by atoms with Gasteiger partial charge in [0.15, 0.2) is 0 Å². The van der Waals surface area contributed by atoms with Crippen LogP contribution in [0.15, 0.2) is 24.3 Å². The maximum absolute atomic E-state index is 11.2. The number of hydrogen-bond acceptors (Lipinski definition) is 1. The van der Waals surface area contributed by atoms with Crippen LogP contribution >= 0.6 is 0 Å². The molecule has 0 saturated heterocycles. The molecule has 0 aromatic heterocycles. The van der Waals surface area contributed by atoms with Crippen LogP contribution < -0.4 is 0 Å². The van der Waals surface area contributed by atoms with Crippen molar-refractivity contribution in [3.63, 3.8) is 0 Å². The Kier molecular flexibility index (Phi) is 1.09. The highest BCUT2D eigenvalue weighted by Crippen LogP contribution is 2.24. The van der Waals surface area contributed by atoms with Gasteiger partial charge in [-0.25, -0.2) is 0 Å². The van der Waals surface area contributed by atoms with E-state index in [-0.39, 0.29) is 5.25 Å². The lowest BCUT2D eigenvalue weighted by Crippen LogP contribution is -2.18. The molecule has 0 saturated carbocycles. The molecule has 2 bridgehead atoms. The van der Waals surface area contributed by atoms with E-state index < -0.39 is 10.8 Å². The van der Waals surface area contributed by atoms with Crippen molar-refractivity contribution in [1.29, 1.82) is 0 Å². The first kappa shape index (κ1) is 5.42. The Morgan fingerprint density at radius 3 is 2.89 bits per heavy atom. The minimum Gasteiger partial charge on any atom is -0.258 e. The molecule has 2 aliphatic heterocycles. The molecule has 48 valence electrons. The summed E-state index contributed by atoms with van der Waals surface area (Å²) in [5.74, 6) is 0. The molecule has 9 heavy (non-hydrogen) atoms. The van der Waals surface area contributed by atoms with E-state index in [1.807, 2.05) is 12.2 Å². The zero-order chi connectivity index (χ0) is 6.27. The lowest BCUT2D eigenvalue weighted by atomic mass is 10.3. The van der Waals surface area contributed by atoms with Crippen LogP contribution in [0.25, 0.3) is 0 Å². The Balaban J connectivity index is 2.41. The van der Waals surface area contributed by atoms with Gasteiger partial charge in [-0.1, -0.05) is 24.3 Å². The van der Waals surface area contributed by atoms with Crippen LogP contribution in [0.4, 0.5) is 0 Å². The van der Waals surface area contributed by atoms with Gasteiger partial charge >= 0.3 is 0 Å². The van der Waals surface area contributed by atoms with Crippen molar-refractivity contribution < 1.29 is 4.21 Å². The molecule has 2 heteroatoms. The standard InChI is InChI=1S/C7H8OS/c8-9-6-2-1-3-7(9)5-4-6/h1-2,4-7H,3H2/t6-,7+,9?/m0/s1. The summed E-state index contributed by atoms with van der Waals surface area (Å²) >= 11 is 0. The summed E-state index contributed by atoms with van der Waals surface area (Å²) in [5, 5.41) is 0.573. The summed E-state index contributed by atoms with van der Waals surface area (Å²) in [6.07, 6.45) is 9.25. The molecule has 1 nitrogen and oxygen atoms in total. The molecule has 2 rings (SSSR count). The van der Waals surface area contributed by atoms with Gasteiger partial charge in [0.2, 0.25) is 0 Å². The second-order valence-electron chi connectivity index (χ2n) is 2.38. The van der Waals surface area contributed by atoms with Gasteiger partial charge in [0, 0.05) is 10.8 Å². The molecule has 0 amide bonds. The largest absolute Gasteiger partial charge is 0.258 e. The fraction of sp³-hybridized carbons (Fsp3) is 0.429. The van der Waals surface area contributed by atoms with Crippen LogP contribution in [-0.2, 0) is 10.8 Å². The van der Waals surface area contributed by atoms with Gasteiger partial charge in [0.25, 0.3) is 0 Å². The van der Waals surface area contributed by atoms with E-state index in [2.05, 4.69) is 12.2 Å². The van der Waals surface area contributed by atoms with E-state index in [1.54, 1.807) is 0 Å². The first-order chi connectivity index (χ1) is 4.38. The fourth-order valence-electron chi connectivity index (χ4n) is 1.25. The van der Waals surface area contributed by atoms with E-state index in [9.17, 15) is 4.21 Å². The predicted molar refractivity (Wildman–Crippen MR) is 38.6 cm³/mol. The normalized spacial score (nSPS) is 46.0. The average Bonchev–Trinajstić information content (AvgIpc) is 2.19. The van der Waals surface area contributed by atoms with Gasteiger partial charge in [-0.05, 0) is 6.42 Å². The molecular formula is C7H8OS. The molecule has 1 unspecified atom stereocenters. The van der Waals surface area contributed by atoms with Crippen LogP contribution in [0, 0.1) is 0 Å². The summed E-state index contributed by atoms with van der Waals surface area (Å²) in [6.45, 7) is 0. The molecule has 0 spiro atoms. The van der Waals surface area contributed by atoms with Crippen molar-refractivity contribution in [2.45, 2.75) is 16.9 Å². The zero-order valence-electron chi connectivity index (χ0n) is 4.99. The van der Waals surface area contributed by atoms with Crippen LogP contribution in [0.1, 0.15) is 6.42 Å². The molecule has 0 aromatic carbocycles. The van der Waals surface area contributed by atoms with Crippen molar-refractivity contribution in [2.24, 2.45) is 0 Å². The zero-order valence-corrected chi connectivity index (χ0v) is 5.80. The number of hydrogen-bond donors (Lipinski definition) is 0. The highest BCUT2D eigenvalue weighted by atomic mass is 32.2. The Labute approximate surface area is 56.9 Å². The maximum Gasteiger partial charge on any atom is 0.0714 e. The number of allylic oxidation sites excluding steroid dienone is 1. The van der Waals surface area contributed by atoms with Crippen LogP contribution in [0.3, 0.4) is 0 Å². The van der Waals surface area contributed by atoms with Crippen molar-refractivity contribution in [3.05, 3.63) is 24.3 Å². The summed E-state index contributed by atoms with van der Waals surface area (Å²) in [7, 11) is -0.617. The van der Waals surface area contributed by atoms with Gasteiger partial charge in [-0.15, -0.1) is 0 Å². The maximum atomic E-state index is 11.2. The van der Waals surface area contributed by atoms with E-state index in [0.29, 0.717) is 5.25 Å². The van der Waals surface area contributed by atoms with Crippen molar-refractivity contribution in [3.8, 4) is 0 Å². The van der Waals surface area contributed by atoms with Crippen molar-refractivity contribution >= 4 is 10.8 Å². The molecule has 0 fully saturated rings. The second-order valence-corrected chi connectivity index (χ2v) is 4.19. The van der Waals surface area contributed by atoms with Crippen LogP contribution in [-0.4, -0.2) is 14.7 Å². The topological polar surface area (TPSA) is 17.1 Å². The third-order valence-electron chi connectivity index (χ3n) is 1.78. The molecule has 0 radical (unpaired) electrons. The minimum absolute atomic E-state index is 0.240. The monoisotopic (exact) mass is 140 g/mol. The van der Waals surface area contributed by atoms with E-state index >= 15 is 0 Å². The molecule has 3 atom stereocenters. The molecule has 2 heterocycles. The average molecular weight is 140 g/mol. The summed E-state index contributed by atoms with van der Waals surface area (Å²) in [6, 6.07) is 0. The molecule has 0 aromatic rings. The predicted octanol–water partition coefficient (Wildman–Crippen LogP) is 1.00. The molecular weight excluding hydrogens is 132 g/mol. The highest BCUT2D eigenvalue weighted by Gasteiger charge is 2.27. The lowest BCUT2D eigenvalue weighted by molar-refractivity contribution is 0.677. The Bertz CT molecular complexity index is 203. The quantitative estimate of drug-likeness (QED) is 0.459. The van der Waals surface area contributed by atoms with Gasteiger partial charge in [0.1, 0.15) is 0 Å². The molecule has 2 aliphatic rings. The first-order valence-corrected chi connectivity index (χ1v) is 4.40. The third kappa shape index (κ3) is 0.697. The number of fused-ring (bicyclic) bond motifs is 2. The highest BCUT2D eigenvalue weighted by molar-refractivity contribution is 7.87. The Morgan fingerprint density at radius 2 is 2.22 bits per heavy atom. The molecule has 0 aliphatic carbocycles. The van der Waals surface area contributed by atoms with E-state index in [1.165, 1.54) is 0 Å². The SMILES string of the molecule is O=S1[C@H]2C=CC[C@@H]1C=C2. The molecule has 0 N–H and O–H groups in total. The summed E-state index contributed by atoms with van der Waals surface area (Å²) in [4.78, 5) is 0. The van der Waals surface area contributed by atoms with Crippen molar-refractivity contribution in [2.75, 3.05) is 0 Å². The second kappa shape index (κ2) is 1.81. The Hall–Kier alpha value is -0.370. The van der Waals surface area contributed by atoms with Gasteiger partial charge in [-0.2, -0.15) is 0 Å².